The molecule has 1 heterocycles. The molecule has 1 aromatic carbocycles. The van der Waals surface area contributed by atoms with Gasteiger partial charge in [-0.2, -0.15) is 0 Å². The minimum atomic E-state index is -0.840. The number of likely N-dealkylation sites (tertiary alicyclic amines) is 1. The molecule has 0 bridgehead atoms. The molecule has 0 radical (unpaired) electrons. The lowest BCUT2D eigenvalue weighted by atomic mass is 10.0. The van der Waals surface area contributed by atoms with Crippen molar-refractivity contribution < 1.29 is 23.9 Å². The molecule has 4 N–H and O–H groups in total. The van der Waals surface area contributed by atoms with Crippen LogP contribution < -0.4 is 16.4 Å². The Morgan fingerprint density at radius 3 is 2.48 bits per heavy atom. The molecule has 170 valence electrons. The third-order valence-electron chi connectivity index (χ3n) is 5.30. The van der Waals surface area contributed by atoms with E-state index in [9.17, 15) is 19.2 Å². The van der Waals surface area contributed by atoms with E-state index >= 15 is 0 Å². The Hall–Kier alpha value is -2.94. The second-order valence-corrected chi connectivity index (χ2v) is 7.65. The molecule has 0 spiro atoms. The van der Waals surface area contributed by atoms with Crippen LogP contribution in [-0.4, -0.2) is 66.9 Å². The summed E-state index contributed by atoms with van der Waals surface area (Å²) in [5.41, 5.74) is 6.50. The van der Waals surface area contributed by atoms with Gasteiger partial charge in [-0.1, -0.05) is 30.3 Å². The standard InChI is InChI=1S/C22H32N4O5/c1-15(27)24-18(14-16-8-4-3-5-9-16)20(28)25-17(10-6-12-23)21(29)26-13-7-11-19(26)22(30)31-2/h3-5,8-9,17-19H,6-7,10-14,23H2,1-2H3,(H,24,27)(H,25,28)/t17-,18-,19-/m0/s1. The van der Waals surface area contributed by atoms with Crippen LogP contribution >= 0.6 is 0 Å². The number of methoxy groups -OCH3 is 1. The molecule has 9 nitrogen and oxygen atoms in total. The third kappa shape index (κ3) is 7.06. The van der Waals surface area contributed by atoms with Crippen LogP contribution in [0.15, 0.2) is 30.3 Å². The van der Waals surface area contributed by atoms with E-state index in [0.717, 1.165) is 5.56 Å². The molecule has 1 aliphatic heterocycles. The molecule has 3 atom stereocenters. The fraction of sp³-hybridized carbons (Fsp3) is 0.545. The first-order chi connectivity index (χ1) is 14.9. The molecule has 0 aliphatic carbocycles. The maximum absolute atomic E-state index is 13.2. The van der Waals surface area contributed by atoms with Crippen molar-refractivity contribution >= 4 is 23.7 Å². The maximum atomic E-state index is 13.2. The summed E-state index contributed by atoms with van der Waals surface area (Å²) in [7, 11) is 1.29. The Bertz CT molecular complexity index is 770. The van der Waals surface area contributed by atoms with E-state index in [1.807, 2.05) is 30.3 Å². The quantitative estimate of drug-likeness (QED) is 0.450. The zero-order valence-corrected chi connectivity index (χ0v) is 18.1. The molecule has 1 aromatic rings. The molecular weight excluding hydrogens is 400 g/mol. The van der Waals surface area contributed by atoms with E-state index in [0.29, 0.717) is 45.2 Å². The highest BCUT2D eigenvalue weighted by Gasteiger charge is 2.38. The van der Waals surface area contributed by atoms with Gasteiger partial charge >= 0.3 is 5.97 Å². The second-order valence-electron chi connectivity index (χ2n) is 7.65. The van der Waals surface area contributed by atoms with Gasteiger partial charge in [0.05, 0.1) is 7.11 Å². The number of benzene rings is 1. The predicted molar refractivity (Wildman–Crippen MR) is 115 cm³/mol. The van der Waals surface area contributed by atoms with Crippen LogP contribution in [0.3, 0.4) is 0 Å². The van der Waals surface area contributed by atoms with Crippen molar-refractivity contribution in [3.63, 3.8) is 0 Å². The number of esters is 1. The number of nitrogens with two attached hydrogens (primary N) is 1. The van der Waals surface area contributed by atoms with E-state index in [2.05, 4.69) is 10.6 Å². The summed E-state index contributed by atoms with van der Waals surface area (Å²) in [6.45, 7) is 2.12. The first-order valence-electron chi connectivity index (χ1n) is 10.6. The molecule has 0 unspecified atom stereocenters. The highest BCUT2D eigenvalue weighted by molar-refractivity contribution is 5.93. The number of rotatable bonds is 10. The van der Waals surface area contributed by atoms with Gasteiger partial charge in [-0.05, 0) is 37.8 Å². The van der Waals surface area contributed by atoms with E-state index < -0.39 is 30.0 Å². The number of nitrogens with one attached hydrogen (secondary N) is 2. The Morgan fingerprint density at radius 2 is 1.87 bits per heavy atom. The van der Waals surface area contributed by atoms with E-state index in [4.69, 9.17) is 10.5 Å². The van der Waals surface area contributed by atoms with Crippen molar-refractivity contribution in [1.29, 1.82) is 0 Å². The van der Waals surface area contributed by atoms with Gasteiger partial charge < -0.3 is 26.0 Å². The number of amides is 3. The van der Waals surface area contributed by atoms with Crippen LogP contribution in [0.4, 0.5) is 0 Å². The molecule has 9 heteroatoms. The summed E-state index contributed by atoms with van der Waals surface area (Å²) in [6, 6.07) is 6.99. The number of hydrogen-bond donors (Lipinski definition) is 3. The zero-order valence-electron chi connectivity index (χ0n) is 18.1. The summed E-state index contributed by atoms with van der Waals surface area (Å²) >= 11 is 0. The van der Waals surface area contributed by atoms with Gasteiger partial charge in [0.15, 0.2) is 0 Å². The Kier molecular flexibility index (Phi) is 9.45. The first kappa shape index (κ1) is 24.3. The van der Waals surface area contributed by atoms with E-state index in [1.165, 1.54) is 18.9 Å². The van der Waals surface area contributed by atoms with E-state index in [-0.39, 0.29) is 11.8 Å². The average Bonchev–Trinajstić information content (AvgIpc) is 3.25. The Labute approximate surface area is 182 Å². The normalized spacial score (nSPS) is 17.5. The van der Waals surface area contributed by atoms with Crippen LogP contribution in [-0.2, 0) is 30.3 Å². The molecule has 31 heavy (non-hydrogen) atoms. The van der Waals surface area contributed by atoms with Gasteiger partial charge in [-0.3, -0.25) is 14.4 Å². The number of carbonyl (C=O) groups excluding carboxylic acids is 4. The number of ether oxygens (including phenoxy) is 1. The minimum absolute atomic E-state index is 0.290. The summed E-state index contributed by atoms with van der Waals surface area (Å²) in [5, 5.41) is 5.44. The van der Waals surface area contributed by atoms with Crippen molar-refractivity contribution in [3.05, 3.63) is 35.9 Å². The predicted octanol–water partition coefficient (Wildman–Crippen LogP) is 0.122. The lowest BCUT2D eigenvalue weighted by molar-refractivity contribution is -0.152. The van der Waals surface area contributed by atoms with Gasteiger partial charge in [0.1, 0.15) is 18.1 Å². The molecule has 0 aromatic heterocycles. The largest absolute Gasteiger partial charge is 0.467 e. The molecule has 1 saturated heterocycles. The van der Waals surface area contributed by atoms with Crippen LogP contribution in [0.2, 0.25) is 0 Å². The Balaban J connectivity index is 2.16. The average molecular weight is 433 g/mol. The number of carbonyl (C=O) groups is 4. The molecule has 1 fully saturated rings. The number of nitrogens with zero attached hydrogens (tertiary/aromatic N) is 1. The number of hydrogen-bond acceptors (Lipinski definition) is 6. The maximum Gasteiger partial charge on any atom is 0.328 e. The Morgan fingerprint density at radius 1 is 1.16 bits per heavy atom. The van der Waals surface area contributed by atoms with Crippen LogP contribution in [0.5, 0.6) is 0 Å². The van der Waals surface area contributed by atoms with Crippen molar-refractivity contribution in [2.75, 3.05) is 20.2 Å². The summed E-state index contributed by atoms with van der Waals surface area (Å²) in [4.78, 5) is 51.4. The summed E-state index contributed by atoms with van der Waals surface area (Å²) in [5.74, 6) is -1.60. The van der Waals surface area contributed by atoms with Crippen molar-refractivity contribution in [2.45, 2.75) is 57.2 Å². The minimum Gasteiger partial charge on any atom is -0.467 e. The first-order valence-corrected chi connectivity index (χ1v) is 10.6. The van der Waals surface area contributed by atoms with Crippen LogP contribution in [0, 0.1) is 0 Å². The van der Waals surface area contributed by atoms with Gasteiger partial charge in [-0.15, -0.1) is 0 Å². The fourth-order valence-electron chi connectivity index (χ4n) is 3.77. The van der Waals surface area contributed by atoms with Crippen molar-refractivity contribution in [2.24, 2.45) is 5.73 Å². The molecule has 1 aliphatic rings. The van der Waals surface area contributed by atoms with Crippen LogP contribution in [0.1, 0.15) is 38.2 Å². The monoisotopic (exact) mass is 432 g/mol. The molecule has 3 amide bonds. The van der Waals surface area contributed by atoms with Crippen molar-refractivity contribution in [1.82, 2.24) is 15.5 Å². The SMILES string of the molecule is COC(=O)[C@@H]1CCCN1C(=O)[C@H](CCCN)NC(=O)[C@H](Cc1ccccc1)NC(C)=O. The lowest BCUT2D eigenvalue weighted by Gasteiger charge is -2.29. The smallest absolute Gasteiger partial charge is 0.328 e. The second kappa shape index (κ2) is 12.0. The van der Waals surface area contributed by atoms with Gasteiger partial charge in [0, 0.05) is 19.9 Å². The fourth-order valence-corrected chi connectivity index (χ4v) is 3.77. The summed E-state index contributed by atoms with van der Waals surface area (Å²) < 4.78 is 4.82. The van der Waals surface area contributed by atoms with Gasteiger partial charge in [0.25, 0.3) is 0 Å². The lowest BCUT2D eigenvalue weighted by Crippen LogP contribution is -2.56. The molecule has 2 rings (SSSR count). The van der Waals surface area contributed by atoms with Crippen molar-refractivity contribution in [3.8, 4) is 0 Å². The topological polar surface area (TPSA) is 131 Å². The molecular formula is C22H32N4O5. The highest BCUT2D eigenvalue weighted by atomic mass is 16.5. The highest BCUT2D eigenvalue weighted by Crippen LogP contribution is 2.20. The third-order valence-corrected chi connectivity index (χ3v) is 5.30. The van der Waals surface area contributed by atoms with Gasteiger partial charge in [0.2, 0.25) is 17.7 Å². The summed E-state index contributed by atoms with van der Waals surface area (Å²) in [6.07, 6.45) is 2.36. The molecule has 0 saturated carbocycles. The van der Waals surface area contributed by atoms with E-state index in [1.54, 1.807) is 0 Å². The zero-order chi connectivity index (χ0) is 22.8. The van der Waals surface area contributed by atoms with Gasteiger partial charge in [-0.25, -0.2) is 4.79 Å². The van der Waals surface area contributed by atoms with Crippen LogP contribution in [0.25, 0.3) is 0 Å².